The summed E-state index contributed by atoms with van der Waals surface area (Å²) in [4.78, 5) is 0. The Kier molecular flexibility index (Phi) is 1.56. The van der Waals surface area contributed by atoms with Crippen LogP contribution in [0.3, 0.4) is 0 Å². The maximum atomic E-state index is 9.46. The van der Waals surface area contributed by atoms with Crippen molar-refractivity contribution in [2.24, 2.45) is 0 Å². The Labute approximate surface area is 216 Å². The van der Waals surface area contributed by atoms with Gasteiger partial charge in [-0.3, -0.25) is 0 Å². The average Bonchev–Trinajstić information content (AvgIpc) is 3.67. The summed E-state index contributed by atoms with van der Waals surface area (Å²) in [7, 11) is 0. The molecule has 2 heterocycles. The van der Waals surface area contributed by atoms with Gasteiger partial charge in [-0.2, -0.15) is 0 Å². The van der Waals surface area contributed by atoms with Crippen LogP contribution in [0, 0.1) is 0 Å². The molecule has 0 aliphatic rings. The normalized spacial score (nSPS) is 20.1. The molecule has 0 amide bonds. The van der Waals surface area contributed by atoms with Crippen molar-refractivity contribution in [1.82, 2.24) is 4.57 Å². The highest BCUT2D eigenvalue weighted by molar-refractivity contribution is 7.26. The first-order valence-electron chi connectivity index (χ1n) is 18.8. The monoisotopic (exact) mass is 444 g/mol. The van der Waals surface area contributed by atoms with Crippen LogP contribution in [-0.2, 0) is 0 Å². The number of fused-ring (bicyclic) bond motifs is 6. The van der Waals surface area contributed by atoms with Gasteiger partial charge in [0.25, 0.3) is 0 Å². The van der Waals surface area contributed by atoms with Crippen molar-refractivity contribution in [1.29, 1.82) is 0 Å². The smallest absolute Gasteiger partial charge is 0.0651 e. The minimum atomic E-state index is -0.855. The first kappa shape index (κ1) is 7.33. The van der Waals surface area contributed by atoms with Crippen LogP contribution in [0.4, 0.5) is 0 Å². The van der Waals surface area contributed by atoms with E-state index in [2.05, 4.69) is 0 Å². The fraction of sp³-hybridized carbons (Fsp3) is 0. The van der Waals surface area contributed by atoms with Crippen molar-refractivity contribution < 1.29 is 26.0 Å². The van der Waals surface area contributed by atoms with Gasteiger partial charge in [0.1, 0.15) is 0 Å². The number of aromatic nitrogens is 1. The Morgan fingerprint density at radius 2 is 1.19 bits per heavy atom. The van der Waals surface area contributed by atoms with Crippen molar-refractivity contribution in [2.75, 3.05) is 0 Å². The zero-order valence-electron chi connectivity index (χ0n) is 34.9. The van der Waals surface area contributed by atoms with Crippen molar-refractivity contribution in [3.05, 3.63) is 115 Å². The molecule has 0 unspecified atom stereocenters. The zero-order chi connectivity index (χ0) is 37.6. The van der Waals surface area contributed by atoms with Crippen LogP contribution in [0.1, 0.15) is 26.0 Å². The van der Waals surface area contributed by atoms with Crippen LogP contribution in [0.2, 0.25) is 0 Å². The Bertz CT molecular complexity index is 2720. The van der Waals surface area contributed by atoms with Crippen LogP contribution in [0.25, 0.3) is 58.8 Å². The summed E-state index contributed by atoms with van der Waals surface area (Å²) in [6.45, 7) is 0. The molecular formula is C30H19NS. The Morgan fingerprint density at radius 3 is 1.97 bits per heavy atom. The Hall–Kier alpha value is -3.88. The number of hydrogen-bond acceptors (Lipinski definition) is 1. The van der Waals surface area contributed by atoms with E-state index in [1.165, 1.54) is 0 Å². The van der Waals surface area contributed by atoms with E-state index in [1.54, 1.807) is 0 Å². The number of rotatable bonds is 2. The van der Waals surface area contributed by atoms with Gasteiger partial charge in [-0.1, -0.05) is 84.6 Å². The molecule has 0 saturated heterocycles. The van der Waals surface area contributed by atoms with Gasteiger partial charge in [0, 0.05) is 36.6 Å². The van der Waals surface area contributed by atoms with E-state index in [-0.39, 0.29) is 36.5 Å². The lowest BCUT2D eigenvalue weighted by Crippen LogP contribution is -1.94. The van der Waals surface area contributed by atoms with Gasteiger partial charge in [0.2, 0.25) is 0 Å². The molecule has 0 aliphatic heterocycles. The third kappa shape index (κ3) is 2.50. The molecule has 5 aromatic carbocycles. The van der Waals surface area contributed by atoms with Crippen molar-refractivity contribution in [3.8, 4) is 16.8 Å². The molecule has 1 nitrogen and oxygen atoms in total. The van der Waals surface area contributed by atoms with E-state index >= 15 is 0 Å². The van der Waals surface area contributed by atoms with Gasteiger partial charge in [-0.05, 0) is 41.3 Å². The second kappa shape index (κ2) is 6.81. The molecule has 0 spiro atoms. The molecule has 0 bridgehead atoms. The first-order chi connectivity index (χ1) is 23.8. The van der Waals surface area contributed by atoms with Gasteiger partial charge >= 0.3 is 0 Å². The highest BCUT2D eigenvalue weighted by Crippen LogP contribution is 2.40. The molecule has 0 radical (unpaired) electrons. The summed E-state index contributed by atoms with van der Waals surface area (Å²) in [6.07, 6.45) is 0. The predicted molar refractivity (Wildman–Crippen MR) is 139 cm³/mol. The molecule has 7 aromatic rings. The van der Waals surface area contributed by atoms with E-state index < -0.39 is 137 Å². The fourth-order valence-electron chi connectivity index (χ4n) is 3.72. The SMILES string of the molecule is [2H]c1c([2H])c(-c2c([2H])c([2H])c([2H])c3c2sc2c([2H])c([2H])c([2H])c([2H])c23)c([2H])c(-n2c3c([2H])c([2H])c([2H])c([2H])c3c3c([2H])c([2H])c([2H])c([2H])c32)c1[2H]. The second-order valence-corrected chi connectivity index (χ2v) is 7.79. The Morgan fingerprint density at radius 1 is 0.562 bits per heavy atom. The molecule has 150 valence electrons. The van der Waals surface area contributed by atoms with Crippen LogP contribution in [0.5, 0.6) is 0 Å². The fourth-order valence-corrected chi connectivity index (χ4v) is 4.79. The standard InChI is InChI=1S/C30H19NS/c1-4-16-27-23(11-1)24-12-2-5-17-28(24)31(27)21-10-7-9-20(19-21)22-14-8-15-26-25-13-3-6-18-29(25)32-30(22)26/h1-19H/i1D,2D,3D,4D,5D,6D,7D,8D,9D,10D,11D,12D,13D,14D,15D,16D,17D,18D,19D. The molecule has 2 heteroatoms. The number of benzene rings is 5. The predicted octanol–water partition coefficient (Wildman–Crippen LogP) is 8.82. The number of thiophene rings is 1. The van der Waals surface area contributed by atoms with E-state index in [1.807, 2.05) is 0 Å². The third-order valence-corrected chi connectivity index (χ3v) is 6.18. The molecule has 0 N–H and O–H groups in total. The van der Waals surface area contributed by atoms with E-state index in [4.69, 9.17) is 24.7 Å². The number of nitrogens with zero attached hydrogens (tertiary/aromatic N) is 1. The minimum absolute atomic E-state index is 0.0355. The lowest BCUT2D eigenvalue weighted by molar-refractivity contribution is 1.18. The van der Waals surface area contributed by atoms with E-state index in [0.29, 0.717) is 0 Å². The summed E-state index contributed by atoms with van der Waals surface area (Å²) < 4.78 is 165. The summed E-state index contributed by atoms with van der Waals surface area (Å²) >= 11 is 0.719. The molecule has 0 saturated carbocycles. The van der Waals surface area contributed by atoms with Crippen LogP contribution in [0.15, 0.2) is 115 Å². The van der Waals surface area contributed by atoms with Gasteiger partial charge in [0.05, 0.1) is 37.1 Å². The second-order valence-electron chi connectivity index (χ2n) is 6.77. The summed E-state index contributed by atoms with van der Waals surface area (Å²) in [5.74, 6) is 0. The number of para-hydroxylation sites is 2. The maximum absolute atomic E-state index is 9.46. The maximum Gasteiger partial charge on any atom is 0.0651 e. The summed E-state index contributed by atoms with van der Waals surface area (Å²) in [6, 6.07) is -13.3. The van der Waals surface area contributed by atoms with Gasteiger partial charge in [0.15, 0.2) is 0 Å². The number of hydrogen-bond donors (Lipinski definition) is 0. The lowest BCUT2D eigenvalue weighted by atomic mass is 10.0. The van der Waals surface area contributed by atoms with Crippen molar-refractivity contribution >= 4 is 53.3 Å². The molecule has 32 heavy (non-hydrogen) atoms. The Balaban J connectivity index is 1.77. The molecule has 7 rings (SSSR count). The molecular weight excluding hydrogens is 406 g/mol. The van der Waals surface area contributed by atoms with E-state index in [0.717, 1.165) is 15.9 Å². The van der Waals surface area contributed by atoms with Gasteiger partial charge < -0.3 is 4.57 Å². The quantitative estimate of drug-likeness (QED) is 0.251. The highest BCUT2D eigenvalue weighted by atomic mass is 32.1. The van der Waals surface area contributed by atoms with Crippen LogP contribution >= 0.6 is 11.3 Å². The average molecular weight is 445 g/mol. The molecule has 0 aliphatic carbocycles. The van der Waals surface area contributed by atoms with E-state index in [9.17, 15) is 1.37 Å². The van der Waals surface area contributed by atoms with Crippen molar-refractivity contribution in [2.45, 2.75) is 0 Å². The summed E-state index contributed by atoms with van der Waals surface area (Å²) in [5.41, 5.74) is -2.46. The molecule has 0 fully saturated rings. The zero-order valence-corrected chi connectivity index (χ0v) is 16.7. The van der Waals surface area contributed by atoms with Gasteiger partial charge in [-0.25, -0.2) is 0 Å². The van der Waals surface area contributed by atoms with Crippen LogP contribution < -0.4 is 0 Å². The highest BCUT2D eigenvalue weighted by Gasteiger charge is 2.14. The van der Waals surface area contributed by atoms with Crippen molar-refractivity contribution in [3.63, 3.8) is 0 Å². The van der Waals surface area contributed by atoms with Crippen LogP contribution in [-0.4, -0.2) is 4.57 Å². The third-order valence-electron chi connectivity index (χ3n) is 5.05. The lowest BCUT2D eigenvalue weighted by Gasteiger charge is -2.11. The summed E-state index contributed by atoms with van der Waals surface area (Å²) in [5, 5.41) is -1.00. The first-order valence-corrected chi connectivity index (χ1v) is 10.1. The topological polar surface area (TPSA) is 4.93 Å². The molecule has 0 atom stereocenters. The molecule has 2 aromatic heterocycles. The van der Waals surface area contributed by atoms with Gasteiger partial charge in [-0.15, -0.1) is 11.3 Å². The minimum Gasteiger partial charge on any atom is -0.309 e. The largest absolute Gasteiger partial charge is 0.309 e.